The van der Waals surface area contributed by atoms with E-state index in [2.05, 4.69) is 15.3 Å². The number of carbonyl (C=O) groups excluding carboxylic acids is 1. The van der Waals surface area contributed by atoms with Gasteiger partial charge in [0.2, 0.25) is 5.91 Å². The number of amides is 1. The van der Waals surface area contributed by atoms with E-state index in [9.17, 15) is 4.79 Å². The Bertz CT molecular complexity index is 582. The molecule has 0 radical (unpaired) electrons. The van der Waals surface area contributed by atoms with E-state index in [0.717, 1.165) is 21.9 Å². The first-order chi connectivity index (χ1) is 9.13. The van der Waals surface area contributed by atoms with Gasteiger partial charge >= 0.3 is 0 Å². The third kappa shape index (κ3) is 3.20. The molecule has 2 aromatic rings. The van der Waals surface area contributed by atoms with Gasteiger partial charge in [0.05, 0.1) is 23.4 Å². The zero-order chi connectivity index (χ0) is 13.8. The Kier molecular flexibility index (Phi) is 4.31. The van der Waals surface area contributed by atoms with Gasteiger partial charge in [0.1, 0.15) is 5.75 Å². The molecule has 6 heteroatoms. The van der Waals surface area contributed by atoms with Crippen molar-refractivity contribution in [2.75, 3.05) is 13.7 Å². The van der Waals surface area contributed by atoms with E-state index in [1.54, 1.807) is 7.11 Å². The maximum absolute atomic E-state index is 11.7. The van der Waals surface area contributed by atoms with E-state index in [1.807, 2.05) is 32.0 Å². The summed E-state index contributed by atoms with van der Waals surface area (Å²) >= 11 is 1.41. The Morgan fingerprint density at radius 1 is 1.58 bits per heavy atom. The van der Waals surface area contributed by atoms with E-state index in [4.69, 9.17) is 4.74 Å². The van der Waals surface area contributed by atoms with Gasteiger partial charge in [0.25, 0.3) is 0 Å². The van der Waals surface area contributed by atoms with Crippen LogP contribution in [0.25, 0.3) is 11.0 Å². The summed E-state index contributed by atoms with van der Waals surface area (Å²) in [5.41, 5.74) is 1.77. The first kappa shape index (κ1) is 13.7. The van der Waals surface area contributed by atoms with Crippen molar-refractivity contribution in [2.45, 2.75) is 24.3 Å². The van der Waals surface area contributed by atoms with Crippen LogP contribution in [-0.2, 0) is 4.79 Å². The lowest BCUT2D eigenvalue weighted by molar-refractivity contribution is -0.120. The van der Waals surface area contributed by atoms with Crippen LogP contribution in [0.15, 0.2) is 23.4 Å². The summed E-state index contributed by atoms with van der Waals surface area (Å²) < 4.78 is 5.16. The molecule has 1 aromatic carbocycles. The Labute approximate surface area is 116 Å². The molecule has 0 saturated heterocycles. The summed E-state index contributed by atoms with van der Waals surface area (Å²) in [6.07, 6.45) is 0. The molecule has 1 heterocycles. The molecule has 0 aliphatic heterocycles. The predicted molar refractivity (Wildman–Crippen MR) is 76.6 cm³/mol. The SMILES string of the molecule is CCNC(=O)[C@@H](C)Sc1nc2ccc(OC)cc2[nH]1. The molecular formula is C13H17N3O2S. The maximum atomic E-state index is 11.7. The smallest absolute Gasteiger partial charge is 0.233 e. The van der Waals surface area contributed by atoms with Crippen molar-refractivity contribution < 1.29 is 9.53 Å². The second kappa shape index (κ2) is 5.97. The molecule has 2 N–H and O–H groups in total. The van der Waals surface area contributed by atoms with E-state index >= 15 is 0 Å². The van der Waals surface area contributed by atoms with Gasteiger partial charge in [0, 0.05) is 12.6 Å². The number of imidazole rings is 1. The number of benzene rings is 1. The second-order valence-corrected chi connectivity index (χ2v) is 5.41. The highest BCUT2D eigenvalue weighted by Crippen LogP contribution is 2.25. The topological polar surface area (TPSA) is 67.0 Å². The molecule has 1 atom stereocenters. The van der Waals surface area contributed by atoms with Crippen LogP contribution in [0, 0.1) is 0 Å². The number of hydrogen-bond donors (Lipinski definition) is 2. The summed E-state index contributed by atoms with van der Waals surface area (Å²) in [7, 11) is 1.63. The number of ether oxygens (including phenoxy) is 1. The van der Waals surface area contributed by atoms with Gasteiger partial charge in [-0.2, -0.15) is 0 Å². The minimum atomic E-state index is -0.178. The molecule has 0 unspecified atom stereocenters. The quantitative estimate of drug-likeness (QED) is 0.823. The van der Waals surface area contributed by atoms with Gasteiger partial charge in [-0.3, -0.25) is 4.79 Å². The number of nitrogens with one attached hydrogen (secondary N) is 2. The molecule has 19 heavy (non-hydrogen) atoms. The summed E-state index contributed by atoms with van der Waals surface area (Å²) in [6.45, 7) is 4.41. The number of rotatable bonds is 5. The fourth-order valence-corrected chi connectivity index (χ4v) is 2.53. The fourth-order valence-electron chi connectivity index (χ4n) is 1.69. The summed E-state index contributed by atoms with van der Waals surface area (Å²) in [5.74, 6) is 0.801. The number of fused-ring (bicyclic) bond motifs is 1. The third-order valence-electron chi connectivity index (χ3n) is 2.68. The van der Waals surface area contributed by atoms with E-state index in [-0.39, 0.29) is 11.2 Å². The van der Waals surface area contributed by atoms with Gasteiger partial charge in [-0.1, -0.05) is 11.8 Å². The Morgan fingerprint density at radius 2 is 2.37 bits per heavy atom. The number of H-pyrrole nitrogens is 1. The highest BCUT2D eigenvalue weighted by molar-refractivity contribution is 8.00. The lowest BCUT2D eigenvalue weighted by Gasteiger charge is -2.08. The molecule has 0 saturated carbocycles. The van der Waals surface area contributed by atoms with E-state index in [1.165, 1.54) is 11.8 Å². The number of nitrogens with zero attached hydrogens (tertiary/aromatic N) is 1. The number of aromatic amines is 1. The zero-order valence-corrected chi connectivity index (χ0v) is 12.0. The predicted octanol–water partition coefficient (Wildman–Crippen LogP) is 2.19. The van der Waals surface area contributed by atoms with Crippen LogP contribution in [0.2, 0.25) is 0 Å². The molecule has 1 aromatic heterocycles. The Balaban J connectivity index is 2.15. The maximum Gasteiger partial charge on any atom is 0.233 e. The van der Waals surface area contributed by atoms with Crippen LogP contribution >= 0.6 is 11.8 Å². The van der Waals surface area contributed by atoms with Crippen molar-refractivity contribution in [1.82, 2.24) is 15.3 Å². The van der Waals surface area contributed by atoms with Crippen molar-refractivity contribution in [3.05, 3.63) is 18.2 Å². The minimum Gasteiger partial charge on any atom is -0.497 e. The molecule has 0 spiro atoms. The average molecular weight is 279 g/mol. The molecule has 0 fully saturated rings. The van der Waals surface area contributed by atoms with Crippen LogP contribution < -0.4 is 10.1 Å². The molecule has 102 valence electrons. The summed E-state index contributed by atoms with van der Waals surface area (Å²) in [5, 5.41) is 3.36. The van der Waals surface area contributed by atoms with Gasteiger partial charge in [-0.15, -0.1) is 0 Å². The van der Waals surface area contributed by atoms with Crippen LogP contribution in [0.5, 0.6) is 5.75 Å². The largest absolute Gasteiger partial charge is 0.497 e. The number of thioether (sulfide) groups is 1. The van der Waals surface area contributed by atoms with Crippen molar-refractivity contribution in [3.63, 3.8) is 0 Å². The fraction of sp³-hybridized carbons (Fsp3) is 0.385. The molecule has 1 amide bonds. The lowest BCUT2D eigenvalue weighted by Crippen LogP contribution is -2.30. The van der Waals surface area contributed by atoms with Crippen LogP contribution in [-0.4, -0.2) is 34.8 Å². The lowest BCUT2D eigenvalue weighted by atomic mass is 10.3. The summed E-state index contributed by atoms with van der Waals surface area (Å²) in [4.78, 5) is 19.3. The summed E-state index contributed by atoms with van der Waals surface area (Å²) in [6, 6.07) is 5.65. The monoisotopic (exact) mass is 279 g/mol. The molecule has 0 aliphatic rings. The standard InChI is InChI=1S/C13H17N3O2S/c1-4-14-12(17)8(2)19-13-15-10-6-5-9(18-3)7-11(10)16-13/h5-8H,4H2,1-3H3,(H,14,17)(H,15,16)/t8-/m1/s1. The number of methoxy groups -OCH3 is 1. The molecule has 2 rings (SSSR count). The second-order valence-electron chi connectivity index (χ2n) is 4.08. The van der Waals surface area contributed by atoms with Gasteiger partial charge < -0.3 is 15.0 Å². The van der Waals surface area contributed by atoms with Crippen molar-refractivity contribution in [1.29, 1.82) is 0 Å². The van der Waals surface area contributed by atoms with Crippen LogP contribution in [0.3, 0.4) is 0 Å². The van der Waals surface area contributed by atoms with E-state index in [0.29, 0.717) is 6.54 Å². The molecule has 0 bridgehead atoms. The molecular weight excluding hydrogens is 262 g/mol. The highest BCUT2D eigenvalue weighted by Gasteiger charge is 2.15. The number of aromatic nitrogens is 2. The average Bonchev–Trinajstić information content (AvgIpc) is 2.79. The Hall–Kier alpha value is -1.69. The highest BCUT2D eigenvalue weighted by atomic mass is 32.2. The number of carbonyl (C=O) groups is 1. The third-order valence-corrected chi connectivity index (χ3v) is 3.66. The van der Waals surface area contributed by atoms with Crippen molar-refractivity contribution in [3.8, 4) is 5.75 Å². The first-order valence-corrected chi connectivity index (χ1v) is 7.00. The number of hydrogen-bond acceptors (Lipinski definition) is 4. The zero-order valence-electron chi connectivity index (χ0n) is 11.2. The van der Waals surface area contributed by atoms with Crippen LogP contribution in [0.4, 0.5) is 0 Å². The van der Waals surface area contributed by atoms with Gasteiger partial charge in [0.15, 0.2) is 5.16 Å². The first-order valence-electron chi connectivity index (χ1n) is 6.12. The van der Waals surface area contributed by atoms with Crippen LogP contribution in [0.1, 0.15) is 13.8 Å². The Morgan fingerprint density at radius 3 is 3.05 bits per heavy atom. The molecule has 0 aliphatic carbocycles. The molecule has 5 nitrogen and oxygen atoms in total. The van der Waals surface area contributed by atoms with Gasteiger partial charge in [-0.05, 0) is 26.0 Å². The van der Waals surface area contributed by atoms with Crippen molar-refractivity contribution >= 4 is 28.7 Å². The van der Waals surface area contributed by atoms with Gasteiger partial charge in [-0.25, -0.2) is 4.98 Å². The van der Waals surface area contributed by atoms with Crippen molar-refractivity contribution in [2.24, 2.45) is 0 Å². The normalized spacial score (nSPS) is 12.4. The van der Waals surface area contributed by atoms with E-state index < -0.39 is 0 Å². The minimum absolute atomic E-state index is 0.0190.